The summed E-state index contributed by atoms with van der Waals surface area (Å²) in [4.78, 5) is 10.8. The predicted molar refractivity (Wildman–Crippen MR) is 59.5 cm³/mol. The van der Waals surface area contributed by atoms with E-state index in [1.807, 2.05) is 0 Å². The van der Waals surface area contributed by atoms with E-state index in [1.165, 1.54) is 12.1 Å². The molecular formula is C12H10O4. The molecule has 0 aliphatic rings. The van der Waals surface area contributed by atoms with E-state index in [-0.39, 0.29) is 11.3 Å². The van der Waals surface area contributed by atoms with Crippen molar-refractivity contribution in [3.8, 4) is 5.75 Å². The molecule has 0 unspecified atom stereocenters. The van der Waals surface area contributed by atoms with Crippen LogP contribution in [0.5, 0.6) is 5.75 Å². The largest absolute Gasteiger partial charge is 0.506 e. The summed E-state index contributed by atoms with van der Waals surface area (Å²) in [6.45, 7) is 5.49. The van der Waals surface area contributed by atoms with Crippen LogP contribution in [0.1, 0.15) is 23.0 Å². The molecule has 2 N–H and O–H groups in total. The fourth-order valence-electron chi connectivity index (χ4n) is 1.48. The Morgan fingerprint density at radius 2 is 2.12 bits per heavy atom. The van der Waals surface area contributed by atoms with Gasteiger partial charge in [-0.25, -0.2) is 4.79 Å². The maximum Gasteiger partial charge on any atom is 0.339 e. The van der Waals surface area contributed by atoms with Crippen LogP contribution in [0.2, 0.25) is 0 Å². The Labute approximate surface area is 91.4 Å². The first-order valence-corrected chi connectivity index (χ1v) is 4.65. The summed E-state index contributed by atoms with van der Waals surface area (Å²) in [5.41, 5.74) is 1.02. The van der Waals surface area contributed by atoms with E-state index in [4.69, 9.17) is 9.52 Å². The van der Waals surface area contributed by atoms with E-state index >= 15 is 0 Å². The molecule has 0 spiro atoms. The smallest absolute Gasteiger partial charge is 0.339 e. The molecule has 2 aromatic rings. The molecule has 0 radical (unpaired) electrons. The van der Waals surface area contributed by atoms with E-state index in [1.54, 1.807) is 13.0 Å². The molecule has 1 heterocycles. The van der Waals surface area contributed by atoms with Crippen LogP contribution in [-0.2, 0) is 0 Å². The minimum Gasteiger partial charge on any atom is -0.506 e. The number of hydrogen-bond donors (Lipinski definition) is 2. The Balaban J connectivity index is 2.74. The normalized spacial score (nSPS) is 10.6. The van der Waals surface area contributed by atoms with Crippen molar-refractivity contribution in [1.29, 1.82) is 0 Å². The first-order valence-electron chi connectivity index (χ1n) is 4.65. The lowest BCUT2D eigenvalue weighted by atomic mass is 10.1. The van der Waals surface area contributed by atoms with Gasteiger partial charge in [0.2, 0.25) is 0 Å². The number of carbonyl (C=O) groups is 1. The van der Waals surface area contributed by atoms with Gasteiger partial charge in [-0.3, -0.25) is 0 Å². The third-order valence-electron chi connectivity index (χ3n) is 2.32. The first-order chi connectivity index (χ1) is 7.50. The van der Waals surface area contributed by atoms with E-state index in [0.29, 0.717) is 22.3 Å². The second kappa shape index (κ2) is 3.41. The van der Waals surface area contributed by atoms with Gasteiger partial charge in [0.05, 0.1) is 5.39 Å². The third-order valence-corrected chi connectivity index (χ3v) is 2.32. The number of hydrogen-bond acceptors (Lipinski definition) is 3. The zero-order valence-electron chi connectivity index (χ0n) is 8.65. The lowest BCUT2D eigenvalue weighted by molar-refractivity contribution is 0.0694. The fraction of sp³-hybridized carbons (Fsp3) is 0.0833. The molecule has 0 fully saturated rings. The van der Waals surface area contributed by atoms with Gasteiger partial charge in [0, 0.05) is 0 Å². The van der Waals surface area contributed by atoms with E-state index in [0.717, 1.165) is 0 Å². The quantitative estimate of drug-likeness (QED) is 0.813. The number of carboxylic acids is 1. The number of allylic oxidation sites excluding steroid dienone is 1. The summed E-state index contributed by atoms with van der Waals surface area (Å²) in [7, 11) is 0. The zero-order valence-corrected chi connectivity index (χ0v) is 8.65. The van der Waals surface area contributed by atoms with Crippen LogP contribution in [0.3, 0.4) is 0 Å². The lowest BCUT2D eigenvalue weighted by Gasteiger charge is -1.98. The maximum absolute atomic E-state index is 10.8. The number of carboxylic acid groups (broad SMARTS) is 1. The van der Waals surface area contributed by atoms with Crippen LogP contribution in [0.25, 0.3) is 16.5 Å². The van der Waals surface area contributed by atoms with Gasteiger partial charge in [0.15, 0.2) is 0 Å². The highest BCUT2D eigenvalue weighted by Crippen LogP contribution is 2.33. The second-order valence-corrected chi connectivity index (χ2v) is 3.57. The van der Waals surface area contributed by atoms with Gasteiger partial charge in [-0.2, -0.15) is 0 Å². The zero-order chi connectivity index (χ0) is 11.9. The van der Waals surface area contributed by atoms with Crippen molar-refractivity contribution in [3.05, 3.63) is 36.1 Å². The molecule has 0 saturated heterocycles. The molecule has 0 bridgehead atoms. The minimum absolute atomic E-state index is 0.137. The maximum atomic E-state index is 10.8. The van der Waals surface area contributed by atoms with Gasteiger partial charge in [-0.15, -0.1) is 0 Å². The molecule has 0 aliphatic heterocycles. The van der Waals surface area contributed by atoms with Crippen molar-refractivity contribution in [3.63, 3.8) is 0 Å². The number of fused-ring (bicyclic) bond motifs is 1. The van der Waals surface area contributed by atoms with Gasteiger partial charge >= 0.3 is 5.97 Å². The molecule has 16 heavy (non-hydrogen) atoms. The Kier molecular flexibility index (Phi) is 2.20. The summed E-state index contributed by atoms with van der Waals surface area (Å²) in [5, 5.41) is 19.0. The van der Waals surface area contributed by atoms with Gasteiger partial charge in [-0.05, 0) is 30.7 Å². The third kappa shape index (κ3) is 1.44. The van der Waals surface area contributed by atoms with Crippen molar-refractivity contribution >= 4 is 22.5 Å². The molecule has 2 rings (SSSR count). The molecule has 1 aromatic carbocycles. The summed E-state index contributed by atoms with van der Waals surface area (Å²) in [5.74, 6) is -0.911. The van der Waals surface area contributed by atoms with E-state index in [2.05, 4.69) is 6.58 Å². The molecule has 0 aliphatic carbocycles. The van der Waals surface area contributed by atoms with Crippen LogP contribution < -0.4 is 0 Å². The number of aromatic hydroxyl groups is 1. The van der Waals surface area contributed by atoms with E-state index in [9.17, 15) is 9.90 Å². The summed E-state index contributed by atoms with van der Waals surface area (Å²) < 4.78 is 5.39. The van der Waals surface area contributed by atoms with Gasteiger partial charge in [-0.1, -0.05) is 6.58 Å². The van der Waals surface area contributed by atoms with Crippen molar-refractivity contribution in [2.24, 2.45) is 0 Å². The van der Waals surface area contributed by atoms with Crippen molar-refractivity contribution < 1.29 is 19.4 Å². The monoisotopic (exact) mass is 218 g/mol. The van der Waals surface area contributed by atoms with Crippen molar-refractivity contribution in [2.75, 3.05) is 0 Å². The second-order valence-electron chi connectivity index (χ2n) is 3.57. The highest BCUT2D eigenvalue weighted by Gasteiger charge is 2.15. The number of aromatic carboxylic acids is 1. The van der Waals surface area contributed by atoms with Gasteiger partial charge < -0.3 is 14.6 Å². The van der Waals surface area contributed by atoms with Gasteiger partial charge in [0.1, 0.15) is 22.7 Å². The fourth-order valence-corrected chi connectivity index (χ4v) is 1.48. The minimum atomic E-state index is -1.17. The molecule has 4 heteroatoms. The average Bonchev–Trinajstić information content (AvgIpc) is 2.62. The Bertz CT molecular complexity index is 592. The topological polar surface area (TPSA) is 70.7 Å². The van der Waals surface area contributed by atoms with Crippen LogP contribution in [0.15, 0.2) is 29.2 Å². The molecular weight excluding hydrogens is 208 g/mol. The summed E-state index contributed by atoms with van der Waals surface area (Å²) in [6.07, 6.45) is 0. The van der Waals surface area contributed by atoms with Crippen LogP contribution in [0, 0.1) is 0 Å². The van der Waals surface area contributed by atoms with Crippen LogP contribution in [0.4, 0.5) is 0 Å². The SMILES string of the molecule is C=C(C)c1cc2c(O)c(C(=O)O)ccc2o1. The number of furan rings is 1. The number of benzene rings is 1. The Hall–Kier alpha value is -2.23. The standard InChI is InChI=1S/C12H10O4/c1-6(2)10-5-8-9(16-10)4-3-7(11(8)13)12(14)15/h3-5,13H,1H2,2H3,(H,14,15). The Morgan fingerprint density at radius 1 is 1.44 bits per heavy atom. The van der Waals surface area contributed by atoms with Gasteiger partial charge in [0.25, 0.3) is 0 Å². The summed E-state index contributed by atoms with van der Waals surface area (Å²) in [6, 6.07) is 4.41. The van der Waals surface area contributed by atoms with Crippen LogP contribution >= 0.6 is 0 Å². The van der Waals surface area contributed by atoms with E-state index < -0.39 is 5.97 Å². The molecule has 0 amide bonds. The highest BCUT2D eigenvalue weighted by atomic mass is 16.4. The molecule has 4 nitrogen and oxygen atoms in total. The average molecular weight is 218 g/mol. The molecule has 1 aromatic heterocycles. The van der Waals surface area contributed by atoms with Crippen molar-refractivity contribution in [2.45, 2.75) is 6.92 Å². The highest BCUT2D eigenvalue weighted by molar-refractivity contribution is 5.99. The molecule has 0 saturated carbocycles. The summed E-state index contributed by atoms with van der Waals surface area (Å²) >= 11 is 0. The number of rotatable bonds is 2. The van der Waals surface area contributed by atoms with Crippen molar-refractivity contribution in [1.82, 2.24) is 0 Å². The number of phenols is 1. The van der Waals surface area contributed by atoms with Crippen LogP contribution in [-0.4, -0.2) is 16.2 Å². The molecule has 82 valence electrons. The lowest BCUT2D eigenvalue weighted by Crippen LogP contribution is -1.95. The first kappa shape index (κ1) is 10.3. The Morgan fingerprint density at radius 3 is 2.69 bits per heavy atom. The predicted octanol–water partition coefficient (Wildman–Crippen LogP) is 2.87. The molecule has 0 atom stereocenters.